The average molecular weight is 416 g/mol. The molecule has 0 unspecified atom stereocenters. The fourth-order valence-electron chi connectivity index (χ4n) is 2.68. The van der Waals surface area contributed by atoms with Crippen molar-refractivity contribution in [1.82, 2.24) is 9.88 Å². The predicted octanol–water partition coefficient (Wildman–Crippen LogP) is 3.99. The number of carbonyl (C=O) groups is 1. The second-order valence-electron chi connectivity index (χ2n) is 6.51. The minimum absolute atomic E-state index is 0.0285. The largest absolute Gasteiger partial charge is 0.332 e. The maximum absolute atomic E-state index is 13.1. The van der Waals surface area contributed by atoms with Gasteiger partial charge in [-0.25, -0.2) is 8.42 Å². The summed E-state index contributed by atoms with van der Waals surface area (Å²) in [5, 5.41) is 1.70. The van der Waals surface area contributed by atoms with Crippen molar-refractivity contribution in [3.63, 3.8) is 0 Å². The molecule has 28 heavy (non-hydrogen) atoms. The van der Waals surface area contributed by atoms with Crippen molar-refractivity contribution in [2.24, 2.45) is 0 Å². The van der Waals surface area contributed by atoms with Gasteiger partial charge < -0.3 is 4.90 Å². The summed E-state index contributed by atoms with van der Waals surface area (Å²) in [5.74, 6) is -0.170. The van der Waals surface area contributed by atoms with Crippen molar-refractivity contribution >= 4 is 33.0 Å². The standard InChI is InChI=1S/C20H21N3O3S2/c1-15(2)23(14-16-6-4-10-21-13-16)20(24)17-7-3-8-18(12-17)22-28(25,26)19-9-5-11-27-19/h3-13,15,22H,14H2,1-2H3. The molecule has 1 amide bonds. The van der Waals surface area contributed by atoms with Gasteiger partial charge in [0.15, 0.2) is 0 Å². The zero-order valence-corrected chi connectivity index (χ0v) is 17.2. The topological polar surface area (TPSA) is 79.4 Å². The van der Waals surface area contributed by atoms with Gasteiger partial charge in [-0.3, -0.25) is 14.5 Å². The normalized spacial score (nSPS) is 11.4. The van der Waals surface area contributed by atoms with Crippen LogP contribution in [0, 0.1) is 0 Å². The molecule has 2 aromatic heterocycles. The maximum Gasteiger partial charge on any atom is 0.271 e. The first-order valence-electron chi connectivity index (χ1n) is 8.73. The number of thiophene rings is 1. The van der Waals surface area contributed by atoms with Gasteiger partial charge in [0.1, 0.15) is 4.21 Å². The van der Waals surface area contributed by atoms with Crippen molar-refractivity contribution in [3.05, 3.63) is 77.4 Å². The second kappa shape index (κ2) is 8.53. The van der Waals surface area contributed by atoms with Crippen LogP contribution in [0.3, 0.4) is 0 Å². The minimum Gasteiger partial charge on any atom is -0.332 e. The number of nitrogens with one attached hydrogen (secondary N) is 1. The molecule has 1 aromatic carbocycles. The van der Waals surface area contributed by atoms with Gasteiger partial charge in [0.05, 0.1) is 0 Å². The lowest BCUT2D eigenvalue weighted by Crippen LogP contribution is -2.36. The van der Waals surface area contributed by atoms with Crippen LogP contribution in [0.1, 0.15) is 29.8 Å². The molecular formula is C20H21N3O3S2. The zero-order valence-electron chi connectivity index (χ0n) is 15.6. The van der Waals surface area contributed by atoms with E-state index in [1.54, 1.807) is 53.0 Å². The molecular weight excluding hydrogens is 394 g/mol. The highest BCUT2D eigenvalue weighted by molar-refractivity contribution is 7.94. The highest BCUT2D eigenvalue weighted by atomic mass is 32.2. The van der Waals surface area contributed by atoms with E-state index in [1.807, 2.05) is 26.0 Å². The Kier molecular flexibility index (Phi) is 6.11. The lowest BCUT2D eigenvalue weighted by atomic mass is 10.1. The summed E-state index contributed by atoms with van der Waals surface area (Å²) in [6.07, 6.45) is 3.42. The Balaban J connectivity index is 1.82. The summed E-state index contributed by atoms with van der Waals surface area (Å²) >= 11 is 1.14. The molecule has 2 heterocycles. The van der Waals surface area contributed by atoms with Crippen molar-refractivity contribution in [2.45, 2.75) is 30.6 Å². The fourth-order valence-corrected chi connectivity index (χ4v) is 4.72. The molecule has 0 radical (unpaired) electrons. The number of amides is 1. The first-order valence-corrected chi connectivity index (χ1v) is 11.1. The van der Waals surface area contributed by atoms with E-state index in [9.17, 15) is 13.2 Å². The Morgan fingerprint density at radius 3 is 2.64 bits per heavy atom. The third-order valence-corrected chi connectivity index (χ3v) is 6.86. The smallest absolute Gasteiger partial charge is 0.271 e. The van der Waals surface area contributed by atoms with Crippen molar-refractivity contribution in [3.8, 4) is 0 Å². The minimum atomic E-state index is -3.66. The summed E-state index contributed by atoms with van der Waals surface area (Å²) in [4.78, 5) is 18.9. The predicted molar refractivity (Wildman–Crippen MR) is 111 cm³/mol. The number of benzene rings is 1. The first-order chi connectivity index (χ1) is 13.4. The van der Waals surface area contributed by atoms with Gasteiger partial charge in [-0.05, 0) is 55.1 Å². The van der Waals surface area contributed by atoms with Gasteiger partial charge in [0.2, 0.25) is 0 Å². The van der Waals surface area contributed by atoms with Crippen LogP contribution in [-0.2, 0) is 16.6 Å². The third-order valence-electron chi connectivity index (χ3n) is 4.08. The Labute approximate surface area is 168 Å². The van der Waals surface area contributed by atoms with E-state index in [0.717, 1.165) is 16.9 Å². The molecule has 3 aromatic rings. The SMILES string of the molecule is CC(C)N(Cc1cccnc1)C(=O)c1cccc(NS(=O)(=O)c2cccs2)c1. The third kappa shape index (κ3) is 4.76. The van der Waals surface area contributed by atoms with E-state index in [1.165, 1.54) is 6.07 Å². The quantitative estimate of drug-likeness (QED) is 0.633. The first kappa shape index (κ1) is 20.0. The molecule has 0 saturated carbocycles. The molecule has 0 aliphatic carbocycles. The maximum atomic E-state index is 13.1. The van der Waals surface area contributed by atoms with Crippen LogP contribution in [0.25, 0.3) is 0 Å². The van der Waals surface area contributed by atoms with E-state index in [-0.39, 0.29) is 16.2 Å². The average Bonchev–Trinajstić information content (AvgIpc) is 3.22. The van der Waals surface area contributed by atoms with Crippen LogP contribution < -0.4 is 4.72 Å². The van der Waals surface area contributed by atoms with Crippen molar-refractivity contribution < 1.29 is 13.2 Å². The Morgan fingerprint density at radius 2 is 2.00 bits per heavy atom. The van der Waals surface area contributed by atoms with Gasteiger partial charge in [0.25, 0.3) is 15.9 Å². The van der Waals surface area contributed by atoms with E-state index in [4.69, 9.17) is 0 Å². The summed E-state index contributed by atoms with van der Waals surface area (Å²) in [7, 11) is -3.66. The van der Waals surface area contributed by atoms with Gasteiger partial charge in [-0.15, -0.1) is 11.3 Å². The van der Waals surface area contributed by atoms with E-state index in [2.05, 4.69) is 9.71 Å². The Bertz CT molecular complexity index is 1030. The number of sulfonamides is 1. The van der Waals surface area contributed by atoms with Crippen LogP contribution in [0.15, 0.2) is 70.5 Å². The number of carbonyl (C=O) groups excluding carboxylic acids is 1. The summed E-state index contributed by atoms with van der Waals surface area (Å²) in [6.45, 7) is 4.31. The molecule has 0 aliphatic rings. The Hall–Kier alpha value is -2.71. The molecule has 146 valence electrons. The lowest BCUT2D eigenvalue weighted by molar-refractivity contribution is 0.0690. The number of anilines is 1. The van der Waals surface area contributed by atoms with Gasteiger partial charge >= 0.3 is 0 Å². The fraction of sp³-hybridized carbons (Fsp3) is 0.200. The Morgan fingerprint density at radius 1 is 1.18 bits per heavy atom. The summed E-state index contributed by atoms with van der Waals surface area (Å²) in [6, 6.07) is 13.5. The number of aromatic nitrogens is 1. The highest BCUT2D eigenvalue weighted by Gasteiger charge is 2.21. The van der Waals surface area contributed by atoms with E-state index < -0.39 is 10.0 Å². The van der Waals surface area contributed by atoms with Crippen molar-refractivity contribution in [2.75, 3.05) is 4.72 Å². The lowest BCUT2D eigenvalue weighted by Gasteiger charge is -2.27. The molecule has 3 rings (SSSR count). The molecule has 6 nitrogen and oxygen atoms in total. The number of rotatable bonds is 7. The zero-order chi connectivity index (χ0) is 20.1. The summed E-state index contributed by atoms with van der Waals surface area (Å²) < 4.78 is 27.6. The van der Waals surface area contributed by atoms with E-state index >= 15 is 0 Å². The summed E-state index contributed by atoms with van der Waals surface area (Å²) in [5.41, 5.74) is 1.70. The van der Waals surface area contributed by atoms with Crippen LogP contribution in [0.2, 0.25) is 0 Å². The number of nitrogens with zero attached hydrogens (tertiary/aromatic N) is 2. The molecule has 0 atom stereocenters. The molecule has 8 heteroatoms. The molecule has 0 bridgehead atoms. The van der Waals surface area contributed by atoms with E-state index in [0.29, 0.717) is 17.8 Å². The number of hydrogen-bond acceptors (Lipinski definition) is 5. The van der Waals surface area contributed by atoms with Crippen LogP contribution >= 0.6 is 11.3 Å². The van der Waals surface area contributed by atoms with Crippen LogP contribution in [0.4, 0.5) is 5.69 Å². The van der Waals surface area contributed by atoms with Gasteiger partial charge in [0, 0.05) is 36.2 Å². The van der Waals surface area contributed by atoms with Crippen molar-refractivity contribution in [1.29, 1.82) is 0 Å². The number of hydrogen-bond donors (Lipinski definition) is 1. The monoisotopic (exact) mass is 415 g/mol. The molecule has 0 fully saturated rings. The molecule has 0 aliphatic heterocycles. The molecule has 0 saturated heterocycles. The second-order valence-corrected chi connectivity index (χ2v) is 9.36. The molecule has 0 spiro atoms. The highest BCUT2D eigenvalue weighted by Crippen LogP contribution is 2.22. The number of pyridine rings is 1. The van der Waals surface area contributed by atoms with Crippen LogP contribution in [0.5, 0.6) is 0 Å². The van der Waals surface area contributed by atoms with Gasteiger partial charge in [-0.2, -0.15) is 0 Å². The van der Waals surface area contributed by atoms with Crippen LogP contribution in [-0.4, -0.2) is 30.3 Å². The van der Waals surface area contributed by atoms with Gasteiger partial charge in [-0.1, -0.05) is 18.2 Å². The molecule has 1 N–H and O–H groups in total.